The lowest BCUT2D eigenvalue weighted by Gasteiger charge is -2.10. The van der Waals surface area contributed by atoms with Gasteiger partial charge in [0.1, 0.15) is 17.2 Å². The Morgan fingerprint density at radius 3 is 2.62 bits per heavy atom. The number of halogens is 3. The van der Waals surface area contributed by atoms with E-state index in [4.69, 9.17) is 11.6 Å². The van der Waals surface area contributed by atoms with Gasteiger partial charge in [0, 0.05) is 25.0 Å². The fourth-order valence-electron chi connectivity index (χ4n) is 2.31. The fourth-order valence-corrected chi connectivity index (χ4v) is 2.47. The van der Waals surface area contributed by atoms with Crippen LogP contribution >= 0.6 is 11.6 Å². The van der Waals surface area contributed by atoms with Crippen molar-refractivity contribution < 1.29 is 8.78 Å². The molecule has 2 heterocycles. The van der Waals surface area contributed by atoms with Crippen molar-refractivity contribution in [2.24, 2.45) is 0 Å². The Kier molecular flexibility index (Phi) is 3.59. The summed E-state index contributed by atoms with van der Waals surface area (Å²) in [5.74, 6) is -0.810. The lowest BCUT2D eigenvalue weighted by Crippen LogP contribution is -2.06. The van der Waals surface area contributed by atoms with Gasteiger partial charge in [-0.2, -0.15) is 0 Å². The molecule has 0 spiro atoms. The van der Waals surface area contributed by atoms with Crippen LogP contribution in [0.25, 0.3) is 11.0 Å². The number of alkyl halides is 1. The SMILES string of the molecule is CC(Cl)c1nc2c(F)cc(F)cc2n1Cc1ccncc1. The molecule has 3 rings (SSSR count). The Morgan fingerprint density at radius 2 is 1.95 bits per heavy atom. The van der Waals surface area contributed by atoms with E-state index in [1.165, 1.54) is 6.07 Å². The summed E-state index contributed by atoms with van der Waals surface area (Å²) in [6, 6.07) is 5.78. The van der Waals surface area contributed by atoms with Crippen LogP contribution in [0.5, 0.6) is 0 Å². The highest BCUT2D eigenvalue weighted by atomic mass is 35.5. The number of nitrogens with zero attached hydrogens (tertiary/aromatic N) is 3. The fraction of sp³-hybridized carbons (Fsp3) is 0.200. The van der Waals surface area contributed by atoms with Crippen LogP contribution in [0.15, 0.2) is 36.7 Å². The van der Waals surface area contributed by atoms with Gasteiger partial charge in [0.15, 0.2) is 5.82 Å². The number of aromatic nitrogens is 3. The van der Waals surface area contributed by atoms with Crippen LogP contribution in [0.1, 0.15) is 23.7 Å². The number of hydrogen-bond acceptors (Lipinski definition) is 2. The molecule has 3 aromatic rings. The maximum atomic E-state index is 13.9. The zero-order valence-electron chi connectivity index (χ0n) is 11.2. The highest BCUT2D eigenvalue weighted by Gasteiger charge is 2.18. The van der Waals surface area contributed by atoms with Crippen LogP contribution in [0.3, 0.4) is 0 Å². The zero-order valence-corrected chi connectivity index (χ0v) is 12.0. The van der Waals surface area contributed by atoms with Crippen molar-refractivity contribution in [1.82, 2.24) is 14.5 Å². The molecule has 0 bridgehead atoms. The molecule has 0 fully saturated rings. The standard InChI is InChI=1S/C15H12ClF2N3/c1-9(16)15-20-14-12(18)6-11(17)7-13(14)21(15)8-10-2-4-19-5-3-10/h2-7,9H,8H2,1H3. The molecule has 108 valence electrons. The first-order valence-electron chi connectivity index (χ1n) is 6.44. The van der Waals surface area contributed by atoms with E-state index < -0.39 is 17.0 Å². The zero-order chi connectivity index (χ0) is 15.0. The third kappa shape index (κ3) is 2.61. The summed E-state index contributed by atoms with van der Waals surface area (Å²) >= 11 is 6.13. The molecule has 0 saturated carbocycles. The monoisotopic (exact) mass is 307 g/mol. The topological polar surface area (TPSA) is 30.7 Å². The summed E-state index contributed by atoms with van der Waals surface area (Å²) < 4.78 is 29.1. The van der Waals surface area contributed by atoms with Gasteiger partial charge in [0.25, 0.3) is 0 Å². The Morgan fingerprint density at radius 1 is 1.24 bits per heavy atom. The first-order valence-corrected chi connectivity index (χ1v) is 6.88. The molecular formula is C15H12ClF2N3. The van der Waals surface area contributed by atoms with E-state index >= 15 is 0 Å². The number of rotatable bonds is 3. The molecular weight excluding hydrogens is 296 g/mol. The van der Waals surface area contributed by atoms with Crippen molar-refractivity contribution in [2.45, 2.75) is 18.8 Å². The van der Waals surface area contributed by atoms with Crippen molar-refractivity contribution in [3.05, 3.63) is 59.7 Å². The minimum Gasteiger partial charge on any atom is -0.322 e. The maximum Gasteiger partial charge on any atom is 0.153 e. The molecule has 6 heteroatoms. The average molecular weight is 308 g/mol. The van der Waals surface area contributed by atoms with Gasteiger partial charge in [-0.25, -0.2) is 13.8 Å². The lowest BCUT2D eigenvalue weighted by molar-refractivity contribution is 0.590. The predicted octanol–water partition coefficient (Wildman–Crippen LogP) is 4.06. The quantitative estimate of drug-likeness (QED) is 0.683. The first-order chi connectivity index (χ1) is 10.1. The van der Waals surface area contributed by atoms with Gasteiger partial charge in [-0.1, -0.05) is 0 Å². The van der Waals surface area contributed by atoms with Crippen LogP contribution < -0.4 is 0 Å². The number of pyridine rings is 1. The van der Waals surface area contributed by atoms with Gasteiger partial charge in [0.05, 0.1) is 10.9 Å². The molecule has 21 heavy (non-hydrogen) atoms. The number of benzene rings is 1. The van der Waals surface area contributed by atoms with Crippen molar-refractivity contribution >= 4 is 22.6 Å². The molecule has 1 atom stereocenters. The molecule has 0 radical (unpaired) electrons. The van der Waals surface area contributed by atoms with Crippen LogP contribution in [-0.4, -0.2) is 14.5 Å². The van der Waals surface area contributed by atoms with Crippen molar-refractivity contribution in [2.75, 3.05) is 0 Å². The molecule has 0 amide bonds. The summed E-state index contributed by atoms with van der Waals surface area (Å²) in [6.45, 7) is 2.17. The number of imidazole rings is 1. The second-order valence-electron chi connectivity index (χ2n) is 4.78. The highest BCUT2D eigenvalue weighted by molar-refractivity contribution is 6.20. The van der Waals surface area contributed by atoms with E-state index in [1.54, 1.807) is 23.9 Å². The second-order valence-corrected chi connectivity index (χ2v) is 5.44. The average Bonchev–Trinajstić information content (AvgIpc) is 2.79. The third-order valence-electron chi connectivity index (χ3n) is 3.25. The normalized spacial score (nSPS) is 12.8. The summed E-state index contributed by atoms with van der Waals surface area (Å²) in [6.07, 6.45) is 3.33. The van der Waals surface area contributed by atoms with Crippen LogP contribution in [0, 0.1) is 11.6 Å². The minimum atomic E-state index is -0.683. The molecule has 0 aliphatic rings. The van der Waals surface area contributed by atoms with Gasteiger partial charge in [-0.05, 0) is 30.7 Å². The minimum absolute atomic E-state index is 0.132. The molecule has 1 aromatic carbocycles. The van der Waals surface area contributed by atoms with E-state index in [0.717, 1.165) is 11.6 Å². The Labute approximate surface area is 125 Å². The Bertz CT molecular complexity index is 784. The maximum absolute atomic E-state index is 13.9. The predicted molar refractivity (Wildman–Crippen MR) is 77.3 cm³/mol. The van der Waals surface area contributed by atoms with Crippen LogP contribution in [0.2, 0.25) is 0 Å². The summed E-state index contributed by atoms with van der Waals surface area (Å²) in [4.78, 5) is 8.17. The van der Waals surface area contributed by atoms with E-state index in [2.05, 4.69) is 9.97 Å². The number of hydrogen-bond donors (Lipinski definition) is 0. The van der Waals surface area contributed by atoms with E-state index in [1.807, 2.05) is 12.1 Å². The van der Waals surface area contributed by atoms with E-state index in [-0.39, 0.29) is 5.52 Å². The smallest absolute Gasteiger partial charge is 0.153 e. The molecule has 3 nitrogen and oxygen atoms in total. The summed E-state index contributed by atoms with van der Waals surface area (Å²) in [7, 11) is 0. The molecule has 2 aromatic heterocycles. The van der Waals surface area contributed by atoms with Gasteiger partial charge in [0.2, 0.25) is 0 Å². The van der Waals surface area contributed by atoms with E-state index in [0.29, 0.717) is 17.9 Å². The first kappa shape index (κ1) is 13.9. The summed E-state index contributed by atoms with van der Waals surface area (Å²) in [5.41, 5.74) is 1.48. The lowest BCUT2D eigenvalue weighted by atomic mass is 10.2. The van der Waals surface area contributed by atoms with Gasteiger partial charge >= 0.3 is 0 Å². The molecule has 1 unspecified atom stereocenters. The molecule has 0 N–H and O–H groups in total. The van der Waals surface area contributed by atoms with Gasteiger partial charge < -0.3 is 4.57 Å². The van der Waals surface area contributed by atoms with Gasteiger partial charge in [-0.15, -0.1) is 11.6 Å². The molecule has 0 saturated heterocycles. The third-order valence-corrected chi connectivity index (χ3v) is 3.44. The van der Waals surface area contributed by atoms with E-state index in [9.17, 15) is 8.78 Å². The number of fused-ring (bicyclic) bond motifs is 1. The summed E-state index contributed by atoms with van der Waals surface area (Å²) in [5, 5.41) is -0.415. The molecule has 0 aliphatic heterocycles. The van der Waals surface area contributed by atoms with Crippen molar-refractivity contribution in [1.29, 1.82) is 0 Å². The van der Waals surface area contributed by atoms with Gasteiger partial charge in [-0.3, -0.25) is 4.98 Å². The Balaban J connectivity index is 2.21. The van der Waals surface area contributed by atoms with Crippen molar-refractivity contribution in [3.63, 3.8) is 0 Å². The molecule has 0 aliphatic carbocycles. The largest absolute Gasteiger partial charge is 0.322 e. The van der Waals surface area contributed by atoms with Crippen LogP contribution in [0.4, 0.5) is 8.78 Å². The van der Waals surface area contributed by atoms with Crippen LogP contribution in [-0.2, 0) is 6.54 Å². The second kappa shape index (κ2) is 5.41. The van der Waals surface area contributed by atoms with Crippen molar-refractivity contribution in [3.8, 4) is 0 Å². The highest BCUT2D eigenvalue weighted by Crippen LogP contribution is 2.27. The Hall–Kier alpha value is -2.01.